The van der Waals surface area contributed by atoms with Gasteiger partial charge in [-0.1, -0.05) is 18.7 Å². The van der Waals surface area contributed by atoms with Crippen molar-refractivity contribution in [1.29, 1.82) is 0 Å². The summed E-state index contributed by atoms with van der Waals surface area (Å²) in [5.74, 6) is -0.0497. The van der Waals surface area contributed by atoms with Crippen LogP contribution in [-0.4, -0.2) is 52.4 Å². The molecule has 0 spiro atoms. The summed E-state index contributed by atoms with van der Waals surface area (Å²) in [6.07, 6.45) is 7.50. The molecule has 28 heavy (non-hydrogen) atoms. The standard InChI is InChI=1S/C16H19N3O.C5H10N2O/c1-2-16(20)18-10-6-5-7-13(11-18)19-12-17-14-8-3-4-9-15(14)19;6-5(8)4-1-2-7-3-4/h2-4,8-9,12-13H,1,5-7,10-11H2;4,7H,1-3H2,(H2,6,8)/t13-;/m1./s1. The molecule has 3 N–H and O–H groups in total. The number of amides is 2. The van der Waals surface area contributed by atoms with Crippen molar-refractivity contribution < 1.29 is 9.59 Å². The summed E-state index contributed by atoms with van der Waals surface area (Å²) in [6, 6.07) is 8.44. The van der Waals surface area contributed by atoms with Gasteiger partial charge in [-0.2, -0.15) is 0 Å². The number of likely N-dealkylation sites (tertiary alicyclic amines) is 1. The molecule has 2 aliphatic heterocycles. The van der Waals surface area contributed by atoms with Crippen LogP contribution in [0, 0.1) is 5.92 Å². The van der Waals surface area contributed by atoms with E-state index in [1.54, 1.807) is 0 Å². The first-order valence-corrected chi connectivity index (χ1v) is 9.93. The van der Waals surface area contributed by atoms with Gasteiger partial charge in [-0.25, -0.2) is 4.98 Å². The van der Waals surface area contributed by atoms with E-state index in [1.165, 1.54) is 6.08 Å². The smallest absolute Gasteiger partial charge is 0.246 e. The molecule has 0 saturated carbocycles. The zero-order valence-electron chi connectivity index (χ0n) is 16.2. The van der Waals surface area contributed by atoms with Crippen molar-refractivity contribution in [1.82, 2.24) is 19.8 Å². The summed E-state index contributed by atoms with van der Waals surface area (Å²) in [7, 11) is 0. The highest BCUT2D eigenvalue weighted by molar-refractivity contribution is 5.87. The van der Waals surface area contributed by atoms with Crippen molar-refractivity contribution in [2.45, 2.75) is 31.7 Å². The topological polar surface area (TPSA) is 93.2 Å². The first kappa shape index (κ1) is 20.1. The van der Waals surface area contributed by atoms with Crippen LogP contribution in [0.25, 0.3) is 11.0 Å². The van der Waals surface area contributed by atoms with E-state index in [0.717, 1.165) is 62.9 Å². The van der Waals surface area contributed by atoms with E-state index in [1.807, 2.05) is 29.4 Å². The van der Waals surface area contributed by atoms with E-state index in [9.17, 15) is 9.59 Å². The van der Waals surface area contributed by atoms with E-state index in [2.05, 4.69) is 27.5 Å². The number of para-hydroxylation sites is 2. The second-order valence-corrected chi connectivity index (χ2v) is 7.37. The number of imidazole rings is 1. The monoisotopic (exact) mass is 383 g/mol. The van der Waals surface area contributed by atoms with Gasteiger partial charge in [0, 0.05) is 19.6 Å². The quantitative estimate of drug-likeness (QED) is 0.791. The number of aromatic nitrogens is 2. The number of hydrogen-bond acceptors (Lipinski definition) is 4. The zero-order chi connectivity index (χ0) is 19.9. The van der Waals surface area contributed by atoms with Gasteiger partial charge in [0.25, 0.3) is 0 Å². The Morgan fingerprint density at radius 2 is 2.07 bits per heavy atom. The van der Waals surface area contributed by atoms with Gasteiger partial charge >= 0.3 is 0 Å². The van der Waals surface area contributed by atoms with Gasteiger partial charge in [0.15, 0.2) is 0 Å². The van der Waals surface area contributed by atoms with Gasteiger partial charge in [0.1, 0.15) is 0 Å². The molecule has 1 unspecified atom stereocenters. The molecule has 7 heteroatoms. The van der Waals surface area contributed by atoms with E-state index >= 15 is 0 Å². The van der Waals surface area contributed by atoms with Crippen molar-refractivity contribution in [3.05, 3.63) is 43.2 Å². The van der Waals surface area contributed by atoms with Crippen LogP contribution in [0.4, 0.5) is 0 Å². The highest BCUT2D eigenvalue weighted by atomic mass is 16.2. The lowest BCUT2D eigenvalue weighted by Gasteiger charge is -2.24. The second kappa shape index (κ2) is 9.50. The number of nitrogens with zero attached hydrogens (tertiary/aromatic N) is 3. The largest absolute Gasteiger partial charge is 0.369 e. The van der Waals surface area contributed by atoms with Crippen molar-refractivity contribution in [3.8, 4) is 0 Å². The highest BCUT2D eigenvalue weighted by Crippen LogP contribution is 2.25. The maximum Gasteiger partial charge on any atom is 0.246 e. The van der Waals surface area contributed by atoms with Crippen LogP contribution in [0.5, 0.6) is 0 Å². The van der Waals surface area contributed by atoms with Crippen LogP contribution in [0.1, 0.15) is 31.7 Å². The van der Waals surface area contributed by atoms with Crippen molar-refractivity contribution in [3.63, 3.8) is 0 Å². The molecule has 0 aliphatic carbocycles. The second-order valence-electron chi connectivity index (χ2n) is 7.37. The SMILES string of the molecule is C=CC(=O)N1CCCC[C@@H](n2cnc3ccccc32)C1.NC(=O)C1CCNC1. The lowest BCUT2D eigenvalue weighted by molar-refractivity contribution is -0.126. The van der Waals surface area contributed by atoms with E-state index in [0.29, 0.717) is 6.04 Å². The molecule has 150 valence electrons. The van der Waals surface area contributed by atoms with Gasteiger partial charge in [0.05, 0.1) is 29.3 Å². The molecule has 1 aromatic heterocycles. The Hall–Kier alpha value is -2.67. The molecular weight excluding hydrogens is 354 g/mol. The Kier molecular flexibility index (Phi) is 6.81. The average Bonchev–Trinajstić information content (AvgIpc) is 3.34. The van der Waals surface area contributed by atoms with Crippen molar-refractivity contribution >= 4 is 22.8 Å². The Morgan fingerprint density at radius 1 is 1.25 bits per heavy atom. The molecule has 4 rings (SSSR count). The van der Waals surface area contributed by atoms with Crippen LogP contribution < -0.4 is 11.1 Å². The number of hydrogen-bond donors (Lipinski definition) is 2. The zero-order valence-corrected chi connectivity index (χ0v) is 16.2. The van der Waals surface area contributed by atoms with Crippen LogP contribution in [0.15, 0.2) is 43.2 Å². The number of carbonyl (C=O) groups is 2. The third-order valence-corrected chi connectivity index (χ3v) is 5.47. The van der Waals surface area contributed by atoms with Crippen molar-refractivity contribution in [2.24, 2.45) is 11.7 Å². The van der Waals surface area contributed by atoms with Gasteiger partial charge < -0.3 is 20.5 Å². The minimum absolute atomic E-state index is 0.0290. The number of nitrogens with one attached hydrogen (secondary N) is 1. The molecule has 7 nitrogen and oxygen atoms in total. The van der Waals surface area contributed by atoms with E-state index in [4.69, 9.17) is 5.73 Å². The van der Waals surface area contributed by atoms with Crippen LogP contribution >= 0.6 is 0 Å². The number of benzene rings is 1. The number of fused-ring (bicyclic) bond motifs is 1. The number of carbonyl (C=O) groups excluding carboxylic acids is 2. The fourth-order valence-electron chi connectivity index (χ4n) is 3.84. The van der Waals surface area contributed by atoms with Gasteiger partial charge in [-0.3, -0.25) is 9.59 Å². The fourth-order valence-corrected chi connectivity index (χ4v) is 3.84. The predicted octanol–water partition coefficient (Wildman–Crippen LogP) is 1.86. The molecule has 3 heterocycles. The lowest BCUT2D eigenvalue weighted by Crippen LogP contribution is -2.34. The minimum Gasteiger partial charge on any atom is -0.369 e. The molecule has 2 atom stereocenters. The Bertz CT molecular complexity index is 825. The summed E-state index contributed by atoms with van der Waals surface area (Å²) in [5.41, 5.74) is 7.18. The third kappa shape index (κ3) is 4.78. The maximum absolute atomic E-state index is 11.9. The Morgan fingerprint density at radius 3 is 2.75 bits per heavy atom. The summed E-state index contributed by atoms with van der Waals surface area (Å²) < 4.78 is 2.21. The van der Waals surface area contributed by atoms with Gasteiger partial charge in [-0.05, 0) is 50.4 Å². The molecule has 0 radical (unpaired) electrons. The Labute approximate surface area is 165 Å². The van der Waals surface area contributed by atoms with E-state index in [-0.39, 0.29) is 17.7 Å². The molecule has 2 amide bonds. The molecule has 2 fully saturated rings. The molecule has 2 saturated heterocycles. The lowest BCUT2D eigenvalue weighted by atomic mass is 10.1. The highest BCUT2D eigenvalue weighted by Gasteiger charge is 2.22. The minimum atomic E-state index is -0.171. The molecule has 0 bridgehead atoms. The molecule has 1 aromatic carbocycles. The van der Waals surface area contributed by atoms with Crippen LogP contribution in [0.2, 0.25) is 0 Å². The van der Waals surface area contributed by atoms with Gasteiger partial charge in [-0.15, -0.1) is 0 Å². The van der Waals surface area contributed by atoms with E-state index < -0.39 is 0 Å². The molecular formula is C21H29N5O2. The summed E-state index contributed by atoms with van der Waals surface area (Å²) in [5, 5.41) is 3.05. The number of primary amides is 1. The maximum atomic E-state index is 11.9. The van der Waals surface area contributed by atoms with Crippen LogP contribution in [0.3, 0.4) is 0 Å². The third-order valence-electron chi connectivity index (χ3n) is 5.47. The summed E-state index contributed by atoms with van der Waals surface area (Å²) >= 11 is 0. The number of rotatable bonds is 3. The first-order chi connectivity index (χ1) is 13.6. The Balaban J connectivity index is 0.000000236. The first-order valence-electron chi connectivity index (χ1n) is 9.93. The molecule has 2 aliphatic rings. The summed E-state index contributed by atoms with van der Waals surface area (Å²) in [4.78, 5) is 28.6. The van der Waals surface area contributed by atoms with Gasteiger partial charge in [0.2, 0.25) is 11.8 Å². The number of nitrogens with two attached hydrogens (primary N) is 1. The van der Waals surface area contributed by atoms with Crippen molar-refractivity contribution in [2.75, 3.05) is 26.2 Å². The summed E-state index contributed by atoms with van der Waals surface area (Å²) in [6.45, 7) is 6.87. The molecule has 2 aromatic rings. The normalized spacial score (nSPS) is 22.2. The predicted molar refractivity (Wildman–Crippen MR) is 110 cm³/mol. The van der Waals surface area contributed by atoms with Crippen LogP contribution in [-0.2, 0) is 9.59 Å². The average molecular weight is 383 g/mol. The fraction of sp³-hybridized carbons (Fsp3) is 0.476.